The molecule has 0 bridgehead atoms. The van der Waals surface area contributed by atoms with Crippen molar-refractivity contribution in [2.24, 2.45) is 5.41 Å². The highest BCUT2D eigenvalue weighted by atomic mass is 16.4. The lowest BCUT2D eigenvalue weighted by Crippen LogP contribution is -2.40. The average molecular weight is 229 g/mol. The van der Waals surface area contributed by atoms with Gasteiger partial charge in [-0.15, -0.1) is 0 Å². The first-order valence-corrected chi connectivity index (χ1v) is 5.65. The Morgan fingerprint density at radius 2 is 1.75 bits per heavy atom. The second-order valence-corrected chi connectivity index (χ2v) is 5.57. The molecular weight excluding hydrogens is 206 g/mol. The predicted octanol–water partition coefficient (Wildman–Crippen LogP) is 2.13. The van der Waals surface area contributed by atoms with E-state index in [9.17, 15) is 9.59 Å². The number of hydrogen-bond donors (Lipinski definition) is 1. The summed E-state index contributed by atoms with van der Waals surface area (Å²) < 4.78 is 0. The summed E-state index contributed by atoms with van der Waals surface area (Å²) in [5, 5.41) is 8.72. The Hall–Kier alpha value is -1.06. The van der Waals surface area contributed by atoms with Crippen molar-refractivity contribution >= 4 is 11.9 Å². The highest BCUT2D eigenvalue weighted by Gasteiger charge is 2.21. The third-order valence-electron chi connectivity index (χ3n) is 2.34. The van der Waals surface area contributed by atoms with E-state index in [1.54, 1.807) is 0 Å². The largest absolute Gasteiger partial charge is 0.480 e. The summed E-state index contributed by atoms with van der Waals surface area (Å²) in [5.74, 6) is -1.04. The Kier molecular flexibility index (Phi) is 5.48. The van der Waals surface area contributed by atoms with Gasteiger partial charge in [0.2, 0.25) is 5.91 Å². The van der Waals surface area contributed by atoms with Gasteiger partial charge in [-0.05, 0) is 25.7 Å². The van der Waals surface area contributed by atoms with Crippen LogP contribution in [0.4, 0.5) is 0 Å². The van der Waals surface area contributed by atoms with Crippen LogP contribution in [-0.4, -0.2) is 34.5 Å². The predicted molar refractivity (Wildman–Crippen MR) is 63.2 cm³/mol. The molecule has 1 N–H and O–H groups in total. The number of carboxylic acids is 1. The average Bonchev–Trinajstić information content (AvgIpc) is 2.08. The van der Waals surface area contributed by atoms with Crippen molar-refractivity contribution < 1.29 is 14.7 Å². The topological polar surface area (TPSA) is 57.6 Å². The van der Waals surface area contributed by atoms with Crippen molar-refractivity contribution in [3.8, 4) is 0 Å². The standard InChI is InChI=1S/C12H23NO3/c1-9(2)13(8-11(15)16)10(14)6-7-12(3,4)5/h9H,6-8H2,1-5H3,(H,15,16). The monoisotopic (exact) mass is 229 g/mol. The molecule has 94 valence electrons. The minimum Gasteiger partial charge on any atom is -0.480 e. The highest BCUT2D eigenvalue weighted by molar-refractivity contribution is 5.81. The maximum atomic E-state index is 11.8. The van der Waals surface area contributed by atoms with E-state index in [2.05, 4.69) is 20.8 Å². The molecule has 4 nitrogen and oxygen atoms in total. The van der Waals surface area contributed by atoms with E-state index in [-0.39, 0.29) is 23.9 Å². The van der Waals surface area contributed by atoms with Crippen molar-refractivity contribution in [3.63, 3.8) is 0 Å². The SMILES string of the molecule is CC(C)N(CC(=O)O)C(=O)CCC(C)(C)C. The minimum absolute atomic E-state index is 0.0661. The maximum Gasteiger partial charge on any atom is 0.323 e. The molecule has 0 aromatic heterocycles. The van der Waals surface area contributed by atoms with Gasteiger partial charge in [-0.2, -0.15) is 0 Å². The first-order chi connectivity index (χ1) is 7.13. The molecule has 16 heavy (non-hydrogen) atoms. The number of carbonyl (C=O) groups excluding carboxylic acids is 1. The van der Waals surface area contributed by atoms with E-state index in [0.29, 0.717) is 6.42 Å². The van der Waals surface area contributed by atoms with Crippen LogP contribution in [-0.2, 0) is 9.59 Å². The van der Waals surface area contributed by atoms with Gasteiger partial charge in [0.15, 0.2) is 0 Å². The van der Waals surface area contributed by atoms with E-state index >= 15 is 0 Å². The summed E-state index contributed by atoms with van der Waals surface area (Å²) in [4.78, 5) is 23.9. The van der Waals surface area contributed by atoms with Gasteiger partial charge in [0.05, 0.1) is 0 Å². The van der Waals surface area contributed by atoms with Gasteiger partial charge in [-0.25, -0.2) is 0 Å². The fourth-order valence-corrected chi connectivity index (χ4v) is 1.33. The summed E-state index contributed by atoms with van der Waals surface area (Å²) in [6.45, 7) is 9.65. The molecule has 0 aliphatic heterocycles. The first kappa shape index (κ1) is 14.9. The van der Waals surface area contributed by atoms with Crippen LogP contribution in [0.3, 0.4) is 0 Å². The zero-order valence-corrected chi connectivity index (χ0v) is 10.9. The van der Waals surface area contributed by atoms with Crippen LogP contribution in [0.1, 0.15) is 47.5 Å². The summed E-state index contributed by atoms with van der Waals surface area (Å²) >= 11 is 0. The third kappa shape index (κ3) is 6.43. The van der Waals surface area contributed by atoms with Crippen LogP contribution in [0.25, 0.3) is 0 Å². The molecule has 0 aliphatic carbocycles. The minimum atomic E-state index is -0.960. The van der Waals surface area contributed by atoms with E-state index in [1.165, 1.54) is 4.90 Å². The molecule has 0 spiro atoms. The molecule has 0 fully saturated rings. The van der Waals surface area contributed by atoms with Crippen molar-refractivity contribution in [2.75, 3.05) is 6.54 Å². The van der Waals surface area contributed by atoms with Crippen LogP contribution in [0, 0.1) is 5.41 Å². The van der Waals surface area contributed by atoms with Gasteiger partial charge in [0, 0.05) is 12.5 Å². The molecule has 0 rings (SSSR count). The summed E-state index contributed by atoms with van der Waals surface area (Å²) in [6, 6.07) is -0.0661. The van der Waals surface area contributed by atoms with E-state index in [0.717, 1.165) is 6.42 Å². The van der Waals surface area contributed by atoms with Gasteiger partial charge in [-0.1, -0.05) is 20.8 Å². The Balaban J connectivity index is 4.34. The summed E-state index contributed by atoms with van der Waals surface area (Å²) in [7, 11) is 0. The molecule has 0 saturated carbocycles. The number of carbonyl (C=O) groups is 2. The van der Waals surface area contributed by atoms with Crippen LogP contribution in [0.15, 0.2) is 0 Å². The molecule has 0 aromatic rings. The molecule has 0 heterocycles. The lowest BCUT2D eigenvalue weighted by atomic mass is 9.90. The molecule has 0 aromatic carbocycles. The van der Waals surface area contributed by atoms with Crippen molar-refractivity contribution in [3.05, 3.63) is 0 Å². The molecule has 0 radical (unpaired) electrons. The van der Waals surface area contributed by atoms with Crippen molar-refractivity contribution in [1.29, 1.82) is 0 Å². The second-order valence-electron chi connectivity index (χ2n) is 5.57. The lowest BCUT2D eigenvalue weighted by molar-refractivity contribution is -0.146. The zero-order valence-electron chi connectivity index (χ0n) is 10.9. The fourth-order valence-electron chi connectivity index (χ4n) is 1.33. The van der Waals surface area contributed by atoms with Crippen LogP contribution in [0.2, 0.25) is 0 Å². The number of rotatable bonds is 5. The highest BCUT2D eigenvalue weighted by Crippen LogP contribution is 2.21. The van der Waals surface area contributed by atoms with E-state index < -0.39 is 5.97 Å². The lowest BCUT2D eigenvalue weighted by Gasteiger charge is -2.26. The second kappa shape index (κ2) is 5.87. The number of nitrogens with zero attached hydrogens (tertiary/aromatic N) is 1. The van der Waals surface area contributed by atoms with Crippen LogP contribution >= 0.6 is 0 Å². The normalized spacial score (nSPS) is 11.6. The Morgan fingerprint density at radius 3 is 2.06 bits per heavy atom. The number of hydrogen-bond acceptors (Lipinski definition) is 2. The van der Waals surface area contributed by atoms with Crippen LogP contribution in [0.5, 0.6) is 0 Å². The molecule has 4 heteroatoms. The molecule has 0 saturated heterocycles. The Bertz CT molecular complexity index is 253. The molecule has 0 unspecified atom stereocenters. The van der Waals surface area contributed by atoms with E-state index in [4.69, 9.17) is 5.11 Å². The van der Waals surface area contributed by atoms with Gasteiger partial charge >= 0.3 is 5.97 Å². The zero-order chi connectivity index (χ0) is 12.9. The molecule has 0 aliphatic rings. The van der Waals surface area contributed by atoms with Crippen molar-refractivity contribution in [1.82, 2.24) is 4.90 Å². The number of aliphatic carboxylic acids is 1. The fraction of sp³-hybridized carbons (Fsp3) is 0.833. The number of amides is 1. The molecule has 0 atom stereocenters. The summed E-state index contributed by atoms with van der Waals surface area (Å²) in [6.07, 6.45) is 1.18. The van der Waals surface area contributed by atoms with Gasteiger partial charge in [0.1, 0.15) is 6.54 Å². The Morgan fingerprint density at radius 1 is 1.25 bits per heavy atom. The molecular formula is C12H23NO3. The van der Waals surface area contributed by atoms with Crippen molar-refractivity contribution in [2.45, 2.75) is 53.5 Å². The first-order valence-electron chi connectivity index (χ1n) is 5.65. The van der Waals surface area contributed by atoms with E-state index in [1.807, 2.05) is 13.8 Å². The quantitative estimate of drug-likeness (QED) is 0.785. The smallest absolute Gasteiger partial charge is 0.323 e. The Labute approximate surface area is 97.6 Å². The summed E-state index contributed by atoms with van der Waals surface area (Å²) in [5.41, 5.74) is 0.0987. The molecule has 1 amide bonds. The maximum absolute atomic E-state index is 11.8. The van der Waals surface area contributed by atoms with Gasteiger partial charge < -0.3 is 10.0 Å². The van der Waals surface area contributed by atoms with Crippen LogP contribution < -0.4 is 0 Å². The third-order valence-corrected chi connectivity index (χ3v) is 2.34. The van der Waals surface area contributed by atoms with Gasteiger partial charge in [0.25, 0.3) is 0 Å². The number of carboxylic acid groups (broad SMARTS) is 1. The van der Waals surface area contributed by atoms with Gasteiger partial charge in [-0.3, -0.25) is 9.59 Å².